The smallest absolute Gasteiger partial charge is 0.264 e. The van der Waals surface area contributed by atoms with E-state index in [0.717, 1.165) is 27.5 Å². The van der Waals surface area contributed by atoms with Gasteiger partial charge in [-0.25, -0.2) is 8.42 Å². The third kappa shape index (κ3) is 4.43. The fraction of sp³-hybridized carbons (Fsp3) is 0.240. The Morgan fingerprint density at radius 2 is 1.82 bits per heavy atom. The number of ether oxygens (including phenoxy) is 1. The van der Waals surface area contributed by atoms with E-state index >= 15 is 0 Å². The molecule has 8 heteroatoms. The molecule has 1 aliphatic heterocycles. The van der Waals surface area contributed by atoms with E-state index in [2.05, 4.69) is 0 Å². The highest BCUT2D eigenvalue weighted by atomic mass is 35.5. The van der Waals surface area contributed by atoms with E-state index in [0.29, 0.717) is 5.75 Å². The summed E-state index contributed by atoms with van der Waals surface area (Å²) in [5, 5.41) is 0.256. The van der Waals surface area contributed by atoms with Crippen LogP contribution in [0, 0.1) is 6.92 Å². The van der Waals surface area contributed by atoms with Gasteiger partial charge in [-0.1, -0.05) is 47.5 Å². The number of carbonyl (C=O) groups is 1. The van der Waals surface area contributed by atoms with E-state index in [1.54, 1.807) is 41.3 Å². The van der Waals surface area contributed by atoms with Gasteiger partial charge in [0, 0.05) is 11.7 Å². The average Bonchev–Trinajstić information content (AvgIpc) is 3.13. The fourth-order valence-electron chi connectivity index (χ4n) is 4.11. The number of fused-ring (bicyclic) bond motifs is 1. The number of nitrogens with zero attached hydrogens (tertiary/aromatic N) is 2. The minimum atomic E-state index is -4.04. The van der Waals surface area contributed by atoms with Crippen LogP contribution in [0.15, 0.2) is 71.6 Å². The van der Waals surface area contributed by atoms with Crippen LogP contribution in [0.25, 0.3) is 0 Å². The highest BCUT2D eigenvalue weighted by molar-refractivity contribution is 7.92. The lowest BCUT2D eigenvalue weighted by molar-refractivity contribution is -0.117. The number of halogens is 1. The molecule has 172 valence electrons. The SMILES string of the molecule is COc1ccc(N(CC(=O)N2c3ccccc3C[C@@H]2C)S(=O)(=O)c2ccc(C)cc2)cc1Cl. The Morgan fingerprint density at radius 1 is 1.12 bits per heavy atom. The predicted molar refractivity (Wildman–Crippen MR) is 131 cm³/mol. The molecule has 33 heavy (non-hydrogen) atoms. The van der Waals surface area contributed by atoms with Crippen molar-refractivity contribution in [1.29, 1.82) is 0 Å². The molecule has 3 aromatic rings. The summed E-state index contributed by atoms with van der Waals surface area (Å²) < 4.78 is 33.7. The van der Waals surface area contributed by atoms with Gasteiger partial charge in [0.25, 0.3) is 10.0 Å². The number of aryl methyl sites for hydroxylation is 1. The molecule has 0 N–H and O–H groups in total. The lowest BCUT2D eigenvalue weighted by Gasteiger charge is -2.29. The van der Waals surface area contributed by atoms with E-state index in [1.807, 2.05) is 38.1 Å². The van der Waals surface area contributed by atoms with Gasteiger partial charge in [0.2, 0.25) is 5.91 Å². The van der Waals surface area contributed by atoms with Crippen LogP contribution >= 0.6 is 11.6 Å². The lowest BCUT2D eigenvalue weighted by atomic mass is 10.1. The number of methoxy groups -OCH3 is 1. The average molecular weight is 485 g/mol. The van der Waals surface area contributed by atoms with Gasteiger partial charge in [0.1, 0.15) is 12.3 Å². The van der Waals surface area contributed by atoms with Crippen molar-refractivity contribution in [2.75, 3.05) is 22.9 Å². The molecule has 0 aliphatic carbocycles. The maximum absolute atomic E-state index is 13.7. The number of carbonyl (C=O) groups excluding carboxylic acids is 1. The second-order valence-electron chi connectivity index (χ2n) is 8.09. The molecule has 1 amide bonds. The zero-order chi connectivity index (χ0) is 23.8. The van der Waals surface area contributed by atoms with Crippen LogP contribution in [-0.2, 0) is 21.2 Å². The van der Waals surface area contributed by atoms with Crippen LogP contribution in [0.2, 0.25) is 5.02 Å². The monoisotopic (exact) mass is 484 g/mol. The van der Waals surface area contributed by atoms with Crippen LogP contribution in [0.3, 0.4) is 0 Å². The summed E-state index contributed by atoms with van der Waals surface area (Å²) in [7, 11) is -2.56. The number of benzene rings is 3. The lowest BCUT2D eigenvalue weighted by Crippen LogP contribution is -2.45. The van der Waals surface area contributed by atoms with Gasteiger partial charge in [-0.05, 0) is 62.2 Å². The maximum Gasteiger partial charge on any atom is 0.264 e. The van der Waals surface area contributed by atoms with E-state index in [4.69, 9.17) is 16.3 Å². The standard InChI is InChI=1S/C25H25ClN2O4S/c1-17-8-11-21(12-9-17)33(30,31)27(20-10-13-24(32-3)22(26)15-20)16-25(29)28-18(2)14-19-6-4-5-7-23(19)28/h4-13,15,18H,14,16H2,1-3H3/t18-/m0/s1. The zero-order valence-electron chi connectivity index (χ0n) is 18.7. The van der Waals surface area contributed by atoms with E-state index < -0.39 is 10.0 Å². The van der Waals surface area contributed by atoms with Crippen LogP contribution in [0.5, 0.6) is 5.75 Å². The largest absolute Gasteiger partial charge is 0.495 e. The summed E-state index contributed by atoms with van der Waals surface area (Å²) in [5.41, 5.74) is 3.11. The second-order valence-corrected chi connectivity index (χ2v) is 10.4. The molecule has 0 radical (unpaired) electrons. The Labute approximate surface area is 199 Å². The van der Waals surface area contributed by atoms with Crippen molar-refractivity contribution < 1.29 is 17.9 Å². The molecule has 0 bridgehead atoms. The molecule has 1 aliphatic rings. The molecule has 1 atom stereocenters. The van der Waals surface area contributed by atoms with Crippen LogP contribution in [-0.4, -0.2) is 34.0 Å². The molecule has 0 fully saturated rings. The zero-order valence-corrected chi connectivity index (χ0v) is 20.2. The summed E-state index contributed by atoms with van der Waals surface area (Å²) in [4.78, 5) is 15.3. The Kier molecular flexibility index (Phi) is 6.36. The van der Waals surface area contributed by atoms with Crippen molar-refractivity contribution in [3.63, 3.8) is 0 Å². The summed E-state index contributed by atoms with van der Waals surface area (Å²) in [6.45, 7) is 3.48. The van der Waals surface area contributed by atoms with Crippen molar-refractivity contribution >= 4 is 38.9 Å². The number of anilines is 2. The quantitative estimate of drug-likeness (QED) is 0.502. The first-order chi connectivity index (χ1) is 15.7. The fourth-order valence-corrected chi connectivity index (χ4v) is 5.77. The van der Waals surface area contributed by atoms with Crippen molar-refractivity contribution in [2.24, 2.45) is 0 Å². The first-order valence-corrected chi connectivity index (χ1v) is 12.4. The summed E-state index contributed by atoms with van der Waals surface area (Å²) >= 11 is 6.30. The van der Waals surface area contributed by atoms with Crippen molar-refractivity contribution in [3.8, 4) is 5.75 Å². The Hall–Kier alpha value is -3.03. The highest BCUT2D eigenvalue weighted by Gasteiger charge is 2.35. The van der Waals surface area contributed by atoms with Gasteiger partial charge in [0.05, 0.1) is 22.7 Å². The Morgan fingerprint density at radius 3 is 2.48 bits per heavy atom. The number of sulfonamides is 1. The molecular formula is C25H25ClN2O4S. The molecule has 0 unspecified atom stereocenters. The molecule has 1 heterocycles. The van der Waals surface area contributed by atoms with Gasteiger partial charge >= 0.3 is 0 Å². The topological polar surface area (TPSA) is 66.9 Å². The normalized spacial score (nSPS) is 15.3. The van der Waals surface area contributed by atoms with E-state index in [-0.39, 0.29) is 34.1 Å². The van der Waals surface area contributed by atoms with E-state index in [9.17, 15) is 13.2 Å². The number of amides is 1. The molecule has 4 rings (SSSR count). The Bertz CT molecular complexity index is 1290. The third-order valence-corrected chi connectivity index (χ3v) is 7.87. The van der Waals surface area contributed by atoms with E-state index in [1.165, 1.54) is 13.2 Å². The molecule has 0 saturated carbocycles. The maximum atomic E-state index is 13.7. The molecular weight excluding hydrogens is 460 g/mol. The number of hydrogen-bond donors (Lipinski definition) is 0. The first kappa shape index (κ1) is 23.1. The summed E-state index contributed by atoms with van der Waals surface area (Å²) in [6.07, 6.45) is 0.723. The summed E-state index contributed by atoms with van der Waals surface area (Å²) in [6, 6.07) is 18.8. The number of para-hydroxylation sites is 1. The number of hydrogen-bond acceptors (Lipinski definition) is 4. The third-order valence-electron chi connectivity index (χ3n) is 5.79. The molecule has 0 saturated heterocycles. The minimum absolute atomic E-state index is 0.0710. The Balaban J connectivity index is 1.75. The molecule has 0 aromatic heterocycles. The minimum Gasteiger partial charge on any atom is -0.495 e. The van der Waals surface area contributed by atoms with Gasteiger partial charge < -0.3 is 9.64 Å². The highest BCUT2D eigenvalue weighted by Crippen LogP contribution is 2.35. The van der Waals surface area contributed by atoms with Gasteiger partial charge in [-0.15, -0.1) is 0 Å². The van der Waals surface area contributed by atoms with Crippen molar-refractivity contribution in [2.45, 2.75) is 31.2 Å². The van der Waals surface area contributed by atoms with Crippen molar-refractivity contribution in [3.05, 3.63) is 82.9 Å². The summed E-state index contributed by atoms with van der Waals surface area (Å²) in [5.74, 6) is 0.108. The van der Waals surface area contributed by atoms with Crippen molar-refractivity contribution in [1.82, 2.24) is 0 Å². The van der Waals surface area contributed by atoms with Crippen LogP contribution < -0.4 is 13.9 Å². The predicted octanol–water partition coefficient (Wildman–Crippen LogP) is 4.83. The van der Waals surface area contributed by atoms with Gasteiger partial charge in [0.15, 0.2) is 0 Å². The molecule has 0 spiro atoms. The van der Waals surface area contributed by atoms with Gasteiger partial charge in [-0.3, -0.25) is 9.10 Å². The van der Waals surface area contributed by atoms with Gasteiger partial charge in [-0.2, -0.15) is 0 Å². The first-order valence-electron chi connectivity index (χ1n) is 10.6. The molecule has 6 nitrogen and oxygen atoms in total. The van der Waals surface area contributed by atoms with Crippen LogP contribution in [0.4, 0.5) is 11.4 Å². The second kappa shape index (κ2) is 9.08. The molecule has 3 aromatic carbocycles. The van der Waals surface area contributed by atoms with Crippen LogP contribution in [0.1, 0.15) is 18.1 Å². The number of rotatable bonds is 6.